The van der Waals surface area contributed by atoms with Crippen molar-refractivity contribution in [3.05, 3.63) is 0 Å². The smallest absolute Gasteiger partial charge is 0.00684 e. The fourth-order valence-corrected chi connectivity index (χ4v) is 3.65. The Bertz CT molecular complexity index is 262. The maximum atomic E-state index is 3.80. The summed E-state index contributed by atoms with van der Waals surface area (Å²) in [5, 5.41) is 3.80. The first kappa shape index (κ1) is 14.4. The Kier molecular flexibility index (Phi) is 4.11. The average Bonchev–Trinajstić information content (AvgIpc) is 3.09. The predicted molar refractivity (Wildman–Crippen MR) is 79.7 cm³/mol. The first-order chi connectivity index (χ1) is 8.33. The molecule has 1 nitrogen and oxygen atoms in total. The van der Waals surface area contributed by atoms with Gasteiger partial charge in [-0.1, -0.05) is 34.6 Å². The van der Waals surface area contributed by atoms with Gasteiger partial charge in [-0.25, -0.2) is 0 Å². The number of rotatable bonds is 4. The van der Waals surface area contributed by atoms with Gasteiger partial charge in [0.05, 0.1) is 0 Å². The second kappa shape index (κ2) is 5.15. The van der Waals surface area contributed by atoms with Crippen LogP contribution in [0, 0.1) is 22.7 Å². The van der Waals surface area contributed by atoms with E-state index in [1.54, 1.807) is 0 Å². The Morgan fingerprint density at radius 1 is 1.06 bits per heavy atom. The van der Waals surface area contributed by atoms with Crippen molar-refractivity contribution in [3.63, 3.8) is 0 Å². The highest BCUT2D eigenvalue weighted by Gasteiger charge is 2.41. The van der Waals surface area contributed by atoms with Crippen molar-refractivity contribution >= 4 is 0 Å². The maximum absolute atomic E-state index is 3.80. The quantitative estimate of drug-likeness (QED) is 0.769. The molecule has 0 atom stereocenters. The van der Waals surface area contributed by atoms with Crippen molar-refractivity contribution in [2.75, 3.05) is 6.54 Å². The van der Waals surface area contributed by atoms with E-state index in [2.05, 4.69) is 39.9 Å². The zero-order valence-electron chi connectivity index (χ0n) is 13.2. The van der Waals surface area contributed by atoms with E-state index < -0.39 is 0 Å². The molecule has 0 aliphatic heterocycles. The van der Waals surface area contributed by atoms with E-state index in [1.807, 2.05) is 0 Å². The van der Waals surface area contributed by atoms with Crippen LogP contribution in [0.15, 0.2) is 0 Å². The molecule has 2 rings (SSSR count). The third-order valence-corrected chi connectivity index (χ3v) is 5.75. The van der Waals surface area contributed by atoms with Crippen LogP contribution in [0.1, 0.15) is 73.1 Å². The molecule has 2 saturated carbocycles. The van der Waals surface area contributed by atoms with E-state index in [0.717, 1.165) is 17.9 Å². The van der Waals surface area contributed by atoms with Gasteiger partial charge in [-0.3, -0.25) is 0 Å². The van der Waals surface area contributed by atoms with Gasteiger partial charge in [-0.15, -0.1) is 0 Å². The molecule has 0 amide bonds. The van der Waals surface area contributed by atoms with E-state index in [4.69, 9.17) is 0 Å². The van der Waals surface area contributed by atoms with Gasteiger partial charge in [0, 0.05) is 12.6 Å². The Morgan fingerprint density at radius 3 is 2.00 bits per heavy atom. The molecule has 0 aromatic carbocycles. The molecule has 0 aromatic rings. The van der Waals surface area contributed by atoms with Gasteiger partial charge >= 0.3 is 0 Å². The molecule has 2 fully saturated rings. The third-order valence-electron chi connectivity index (χ3n) is 5.75. The predicted octanol–water partition coefficient (Wildman–Crippen LogP) is 4.62. The van der Waals surface area contributed by atoms with Crippen LogP contribution in [-0.2, 0) is 0 Å². The summed E-state index contributed by atoms with van der Waals surface area (Å²) in [5.74, 6) is 1.76. The van der Waals surface area contributed by atoms with Gasteiger partial charge in [0.15, 0.2) is 0 Å². The Balaban J connectivity index is 1.92. The van der Waals surface area contributed by atoms with Crippen molar-refractivity contribution in [1.29, 1.82) is 0 Å². The number of nitrogens with one attached hydrogen (secondary N) is 1. The van der Waals surface area contributed by atoms with Gasteiger partial charge in [-0.05, 0) is 61.2 Å². The summed E-state index contributed by atoms with van der Waals surface area (Å²) in [6, 6.07) is 0.862. The first-order valence-electron chi connectivity index (χ1n) is 8.07. The topological polar surface area (TPSA) is 12.0 Å². The molecule has 0 unspecified atom stereocenters. The molecule has 106 valence electrons. The zero-order valence-corrected chi connectivity index (χ0v) is 13.2. The summed E-state index contributed by atoms with van der Waals surface area (Å²) in [6.07, 6.45) is 8.58. The minimum Gasteiger partial charge on any atom is -0.313 e. The van der Waals surface area contributed by atoms with Crippen LogP contribution in [-0.4, -0.2) is 12.6 Å². The van der Waals surface area contributed by atoms with Crippen LogP contribution in [0.25, 0.3) is 0 Å². The lowest BCUT2D eigenvalue weighted by molar-refractivity contribution is 0.0509. The molecule has 0 saturated heterocycles. The van der Waals surface area contributed by atoms with Gasteiger partial charge < -0.3 is 5.32 Å². The lowest BCUT2D eigenvalue weighted by Crippen LogP contribution is -2.43. The maximum Gasteiger partial charge on any atom is 0.00684 e. The molecule has 18 heavy (non-hydrogen) atoms. The van der Waals surface area contributed by atoms with Gasteiger partial charge in [-0.2, -0.15) is 0 Å². The summed E-state index contributed by atoms with van der Waals surface area (Å²) in [7, 11) is 0. The molecule has 2 aliphatic rings. The SMILES string of the molecule is CC(C)C1(CNC2CC2)CCC(C(C)(C)C)CC1. The third kappa shape index (κ3) is 3.29. The average molecular weight is 251 g/mol. The van der Waals surface area contributed by atoms with Crippen molar-refractivity contribution in [2.24, 2.45) is 22.7 Å². The Morgan fingerprint density at radius 2 is 1.61 bits per heavy atom. The Labute approximate surface area is 114 Å². The van der Waals surface area contributed by atoms with Gasteiger partial charge in [0.1, 0.15) is 0 Å². The lowest BCUT2D eigenvalue weighted by Gasteiger charge is -2.47. The molecule has 0 spiro atoms. The molecule has 1 heteroatoms. The fraction of sp³-hybridized carbons (Fsp3) is 1.00. The van der Waals surface area contributed by atoms with E-state index in [9.17, 15) is 0 Å². The second-order valence-electron chi connectivity index (χ2n) is 8.31. The monoisotopic (exact) mass is 251 g/mol. The zero-order chi connectivity index (χ0) is 13.4. The summed E-state index contributed by atoms with van der Waals surface area (Å²) in [5.41, 5.74) is 1.09. The summed E-state index contributed by atoms with van der Waals surface area (Å²) in [6.45, 7) is 13.4. The van der Waals surface area contributed by atoms with Crippen LogP contribution < -0.4 is 5.32 Å². The van der Waals surface area contributed by atoms with E-state index in [-0.39, 0.29) is 0 Å². The molecule has 0 aromatic heterocycles. The van der Waals surface area contributed by atoms with Gasteiger partial charge in [0.2, 0.25) is 0 Å². The molecule has 2 aliphatic carbocycles. The minimum atomic E-state index is 0.507. The highest BCUT2D eigenvalue weighted by molar-refractivity contribution is 4.94. The first-order valence-corrected chi connectivity index (χ1v) is 8.07. The Hall–Kier alpha value is -0.0400. The normalized spacial score (nSPS) is 34.0. The summed E-state index contributed by atoms with van der Waals surface area (Å²) in [4.78, 5) is 0. The standard InChI is InChI=1S/C17H33N/c1-13(2)17(12-18-15-6-7-15)10-8-14(9-11-17)16(3,4)5/h13-15,18H,6-12H2,1-5H3. The molecule has 1 N–H and O–H groups in total. The molecule has 0 radical (unpaired) electrons. The van der Waals surface area contributed by atoms with Crippen molar-refractivity contribution < 1.29 is 0 Å². The highest BCUT2D eigenvalue weighted by atomic mass is 15.0. The molecular formula is C17H33N. The second-order valence-corrected chi connectivity index (χ2v) is 8.31. The van der Waals surface area contributed by atoms with Crippen LogP contribution in [0.2, 0.25) is 0 Å². The van der Waals surface area contributed by atoms with Crippen LogP contribution in [0.3, 0.4) is 0 Å². The van der Waals surface area contributed by atoms with E-state index in [1.165, 1.54) is 45.1 Å². The largest absolute Gasteiger partial charge is 0.313 e. The van der Waals surface area contributed by atoms with E-state index >= 15 is 0 Å². The number of hydrogen-bond acceptors (Lipinski definition) is 1. The van der Waals surface area contributed by atoms with Gasteiger partial charge in [0.25, 0.3) is 0 Å². The van der Waals surface area contributed by atoms with Crippen LogP contribution in [0.4, 0.5) is 0 Å². The highest BCUT2D eigenvalue weighted by Crippen LogP contribution is 2.48. The van der Waals surface area contributed by atoms with Crippen molar-refractivity contribution in [3.8, 4) is 0 Å². The summed E-state index contributed by atoms with van der Waals surface area (Å²) < 4.78 is 0. The molecule has 0 bridgehead atoms. The van der Waals surface area contributed by atoms with Crippen molar-refractivity contribution in [2.45, 2.75) is 79.2 Å². The minimum absolute atomic E-state index is 0.507. The number of hydrogen-bond donors (Lipinski definition) is 1. The van der Waals surface area contributed by atoms with Crippen LogP contribution >= 0.6 is 0 Å². The van der Waals surface area contributed by atoms with Crippen LogP contribution in [0.5, 0.6) is 0 Å². The van der Waals surface area contributed by atoms with E-state index in [0.29, 0.717) is 10.8 Å². The lowest BCUT2D eigenvalue weighted by atomic mass is 9.60. The molecule has 0 heterocycles. The molecular weight excluding hydrogens is 218 g/mol. The fourth-order valence-electron chi connectivity index (χ4n) is 3.65. The summed E-state index contributed by atoms with van der Waals surface area (Å²) >= 11 is 0. The van der Waals surface area contributed by atoms with Crippen molar-refractivity contribution in [1.82, 2.24) is 5.32 Å².